The number of carboxylic acid groups (broad SMARTS) is 1. The number of imidazole rings is 1. The number of para-hydroxylation sites is 1. The molecule has 0 saturated carbocycles. The lowest BCUT2D eigenvalue weighted by atomic mass is 9.92. The van der Waals surface area contributed by atoms with Crippen LogP contribution in [0.25, 0.3) is 27.7 Å². The van der Waals surface area contributed by atoms with Crippen LogP contribution < -0.4 is 0 Å². The average molecular weight is 494 g/mol. The molecule has 1 heterocycles. The van der Waals surface area contributed by atoms with E-state index in [0.29, 0.717) is 12.1 Å². The molecule has 0 saturated heterocycles. The van der Waals surface area contributed by atoms with Crippen molar-refractivity contribution < 1.29 is 9.90 Å². The highest BCUT2D eigenvalue weighted by Crippen LogP contribution is 2.32. The van der Waals surface area contributed by atoms with Gasteiger partial charge in [0.2, 0.25) is 0 Å². The highest BCUT2D eigenvalue weighted by Gasteiger charge is 2.16. The molecule has 0 unspecified atom stereocenters. The number of fused-ring (bicyclic) bond motifs is 1. The largest absolute Gasteiger partial charge is 0.478 e. The van der Waals surface area contributed by atoms with Gasteiger partial charge in [-0.2, -0.15) is 0 Å². The Balaban J connectivity index is 1.51. The number of rotatable bonds is 9. The Bertz CT molecular complexity index is 1410. The van der Waals surface area contributed by atoms with Crippen molar-refractivity contribution in [2.75, 3.05) is 20.6 Å². The molecule has 0 amide bonds. The van der Waals surface area contributed by atoms with Gasteiger partial charge >= 0.3 is 5.97 Å². The van der Waals surface area contributed by atoms with Crippen molar-refractivity contribution in [2.24, 2.45) is 0 Å². The first-order valence-corrected chi connectivity index (χ1v) is 13.2. The second kappa shape index (κ2) is 11.1. The van der Waals surface area contributed by atoms with E-state index in [-0.39, 0.29) is 0 Å². The highest BCUT2D eigenvalue weighted by atomic mass is 16.4. The number of allylic oxidation sites excluding steroid dienone is 2. The van der Waals surface area contributed by atoms with Crippen LogP contribution in [0.1, 0.15) is 59.4 Å². The maximum atomic E-state index is 11.3. The van der Waals surface area contributed by atoms with Crippen molar-refractivity contribution in [3.05, 3.63) is 95.3 Å². The minimum absolute atomic E-state index is 0.306. The SMILES string of the molecule is CN(C)CCCc1nc2c(-c3ccc(C4=CCCCC4)cc3)cccc2n1Cc1ccc(C(=O)O)cc1. The summed E-state index contributed by atoms with van der Waals surface area (Å²) >= 11 is 0. The summed E-state index contributed by atoms with van der Waals surface area (Å²) in [5, 5.41) is 9.27. The maximum Gasteiger partial charge on any atom is 0.335 e. The predicted octanol–water partition coefficient (Wildman–Crippen LogP) is 6.90. The topological polar surface area (TPSA) is 58.4 Å². The van der Waals surface area contributed by atoms with Gasteiger partial charge in [-0.15, -0.1) is 0 Å². The van der Waals surface area contributed by atoms with Crippen LogP contribution >= 0.6 is 0 Å². The smallest absolute Gasteiger partial charge is 0.335 e. The first-order chi connectivity index (χ1) is 18.0. The van der Waals surface area contributed by atoms with Crippen molar-refractivity contribution >= 4 is 22.6 Å². The molecule has 1 aliphatic carbocycles. The second-order valence-corrected chi connectivity index (χ2v) is 10.2. The molecule has 1 aromatic heterocycles. The molecule has 5 rings (SSSR count). The number of hydrogen-bond donors (Lipinski definition) is 1. The first kappa shape index (κ1) is 25.0. The molecule has 5 nitrogen and oxygen atoms in total. The van der Waals surface area contributed by atoms with Gasteiger partial charge in [-0.25, -0.2) is 9.78 Å². The Hall–Kier alpha value is -3.70. The van der Waals surface area contributed by atoms with E-state index in [9.17, 15) is 9.90 Å². The van der Waals surface area contributed by atoms with E-state index >= 15 is 0 Å². The highest BCUT2D eigenvalue weighted by molar-refractivity contribution is 5.93. The third-order valence-electron chi connectivity index (χ3n) is 7.26. The minimum Gasteiger partial charge on any atom is -0.478 e. The van der Waals surface area contributed by atoms with Crippen LogP contribution in [-0.4, -0.2) is 46.2 Å². The number of aromatic nitrogens is 2. The fourth-order valence-electron chi connectivity index (χ4n) is 5.25. The van der Waals surface area contributed by atoms with E-state index < -0.39 is 5.97 Å². The monoisotopic (exact) mass is 493 g/mol. The molecular weight excluding hydrogens is 458 g/mol. The number of carbonyl (C=O) groups is 1. The van der Waals surface area contributed by atoms with E-state index in [1.807, 2.05) is 12.1 Å². The lowest BCUT2D eigenvalue weighted by molar-refractivity contribution is 0.0697. The van der Waals surface area contributed by atoms with Crippen molar-refractivity contribution in [1.29, 1.82) is 0 Å². The summed E-state index contributed by atoms with van der Waals surface area (Å²) in [6.45, 7) is 1.66. The zero-order chi connectivity index (χ0) is 25.8. The summed E-state index contributed by atoms with van der Waals surface area (Å²) in [5.74, 6) is 0.162. The van der Waals surface area contributed by atoms with Gasteiger partial charge in [0.1, 0.15) is 5.82 Å². The fourth-order valence-corrected chi connectivity index (χ4v) is 5.25. The van der Waals surface area contributed by atoms with Crippen LogP contribution in [0.3, 0.4) is 0 Å². The number of benzene rings is 3. The number of carboxylic acids is 1. The molecule has 4 aromatic rings. The summed E-state index contributed by atoms with van der Waals surface area (Å²) < 4.78 is 2.30. The zero-order valence-electron chi connectivity index (χ0n) is 21.8. The molecular formula is C32H35N3O2. The molecule has 0 fully saturated rings. The normalized spacial score (nSPS) is 13.8. The summed E-state index contributed by atoms with van der Waals surface area (Å²) in [6, 6.07) is 22.6. The quantitative estimate of drug-likeness (QED) is 0.275. The molecule has 37 heavy (non-hydrogen) atoms. The van der Waals surface area contributed by atoms with Gasteiger partial charge in [0.25, 0.3) is 0 Å². The van der Waals surface area contributed by atoms with E-state index in [1.54, 1.807) is 12.1 Å². The molecule has 5 heteroatoms. The number of nitrogens with zero attached hydrogens (tertiary/aromatic N) is 3. The van der Waals surface area contributed by atoms with E-state index in [1.165, 1.54) is 42.4 Å². The van der Waals surface area contributed by atoms with Gasteiger partial charge in [0.15, 0.2) is 0 Å². The third-order valence-corrected chi connectivity index (χ3v) is 7.26. The summed E-state index contributed by atoms with van der Waals surface area (Å²) in [5.41, 5.74) is 8.63. The molecule has 0 bridgehead atoms. The number of hydrogen-bond acceptors (Lipinski definition) is 3. The van der Waals surface area contributed by atoms with Crippen molar-refractivity contribution in [3.63, 3.8) is 0 Å². The molecule has 0 radical (unpaired) electrons. The molecule has 0 atom stereocenters. The Morgan fingerprint density at radius 3 is 2.41 bits per heavy atom. The number of aryl methyl sites for hydroxylation is 1. The van der Waals surface area contributed by atoms with Gasteiger partial charge in [-0.05, 0) is 93.2 Å². The zero-order valence-corrected chi connectivity index (χ0v) is 21.8. The fraction of sp³-hybridized carbons (Fsp3) is 0.312. The Labute approximate surface area is 219 Å². The molecule has 190 valence electrons. The molecule has 0 spiro atoms. The summed E-state index contributed by atoms with van der Waals surface area (Å²) in [7, 11) is 4.19. The van der Waals surface area contributed by atoms with Gasteiger partial charge in [-0.3, -0.25) is 0 Å². The average Bonchev–Trinajstić information content (AvgIpc) is 3.26. The Morgan fingerprint density at radius 1 is 0.973 bits per heavy atom. The van der Waals surface area contributed by atoms with Crippen LogP contribution in [-0.2, 0) is 13.0 Å². The van der Waals surface area contributed by atoms with Crippen LogP contribution in [0.2, 0.25) is 0 Å². The maximum absolute atomic E-state index is 11.3. The van der Waals surface area contributed by atoms with Gasteiger partial charge in [-0.1, -0.05) is 54.6 Å². The molecule has 3 aromatic carbocycles. The number of aromatic carboxylic acids is 1. The summed E-state index contributed by atoms with van der Waals surface area (Å²) in [6.07, 6.45) is 9.23. The van der Waals surface area contributed by atoms with Crippen molar-refractivity contribution in [3.8, 4) is 11.1 Å². The van der Waals surface area contributed by atoms with Gasteiger partial charge in [0, 0.05) is 18.5 Å². The van der Waals surface area contributed by atoms with Crippen LogP contribution in [0.5, 0.6) is 0 Å². The van der Waals surface area contributed by atoms with Crippen molar-refractivity contribution in [2.45, 2.75) is 45.1 Å². The standard InChI is InChI=1S/C32H35N3O2/c1-34(2)21-7-12-30-33-31-28(26-19-17-25(18-20-26)24-8-4-3-5-9-24)10-6-11-29(31)35(30)22-23-13-15-27(16-14-23)32(36)37/h6,8,10-11,13-20H,3-5,7,9,12,21-22H2,1-2H3,(H,36,37). The molecule has 1 aliphatic rings. The van der Waals surface area contributed by atoms with E-state index in [2.05, 4.69) is 72.1 Å². The minimum atomic E-state index is -0.903. The van der Waals surface area contributed by atoms with Crippen LogP contribution in [0.15, 0.2) is 72.8 Å². The second-order valence-electron chi connectivity index (χ2n) is 10.2. The summed E-state index contributed by atoms with van der Waals surface area (Å²) in [4.78, 5) is 18.7. The van der Waals surface area contributed by atoms with Crippen molar-refractivity contribution in [1.82, 2.24) is 14.5 Å². The van der Waals surface area contributed by atoms with Gasteiger partial charge in [0.05, 0.1) is 16.6 Å². The van der Waals surface area contributed by atoms with Crippen LogP contribution in [0.4, 0.5) is 0 Å². The van der Waals surface area contributed by atoms with Crippen LogP contribution in [0, 0.1) is 0 Å². The van der Waals surface area contributed by atoms with E-state index in [4.69, 9.17) is 4.98 Å². The first-order valence-electron chi connectivity index (χ1n) is 13.2. The Kier molecular flexibility index (Phi) is 7.52. The third kappa shape index (κ3) is 5.67. The predicted molar refractivity (Wildman–Crippen MR) is 151 cm³/mol. The lowest BCUT2D eigenvalue weighted by Crippen LogP contribution is -2.15. The molecule has 1 N–H and O–H groups in total. The molecule has 0 aliphatic heterocycles. The van der Waals surface area contributed by atoms with Gasteiger partial charge < -0.3 is 14.6 Å². The Morgan fingerprint density at radius 2 is 1.73 bits per heavy atom. The van der Waals surface area contributed by atoms with E-state index in [0.717, 1.165) is 47.4 Å². The lowest BCUT2D eigenvalue weighted by Gasteiger charge is -2.13.